The Balaban J connectivity index is 3.00. The second-order valence-corrected chi connectivity index (χ2v) is 4.29. The van der Waals surface area contributed by atoms with Gasteiger partial charge in [-0.05, 0) is 49.6 Å². The lowest BCUT2D eigenvalue weighted by Gasteiger charge is -2.09. The lowest BCUT2D eigenvalue weighted by Crippen LogP contribution is -1.99. The molecule has 1 aromatic carbocycles. The van der Waals surface area contributed by atoms with Crippen LogP contribution in [-0.4, -0.2) is 6.61 Å². The van der Waals surface area contributed by atoms with E-state index in [4.69, 9.17) is 16.9 Å². The Kier molecular flexibility index (Phi) is 4.46. The minimum atomic E-state index is 0.249. The van der Waals surface area contributed by atoms with Crippen molar-refractivity contribution in [2.24, 2.45) is 5.73 Å². The molecule has 0 amide bonds. The lowest BCUT2D eigenvalue weighted by molar-refractivity contribution is 0.365. The molecule has 0 aliphatic heterocycles. The maximum atomic E-state index is 5.52. The maximum absolute atomic E-state index is 5.52. The van der Waals surface area contributed by atoms with Gasteiger partial charge in [0.15, 0.2) is 0 Å². The van der Waals surface area contributed by atoms with Gasteiger partial charge in [-0.25, -0.2) is 0 Å². The molecular formula is C10H9Br2NO. The van der Waals surface area contributed by atoms with Gasteiger partial charge in [0, 0.05) is 6.54 Å². The number of nitrogens with two attached hydrogens (primary N) is 1. The van der Waals surface area contributed by atoms with E-state index in [-0.39, 0.29) is 6.61 Å². The minimum absolute atomic E-state index is 0.249. The number of rotatable bonds is 3. The van der Waals surface area contributed by atoms with Gasteiger partial charge < -0.3 is 10.5 Å². The van der Waals surface area contributed by atoms with E-state index in [1.54, 1.807) is 0 Å². The van der Waals surface area contributed by atoms with Gasteiger partial charge in [0.2, 0.25) is 0 Å². The summed E-state index contributed by atoms with van der Waals surface area (Å²) in [6.45, 7) is 0.742. The number of terminal acetylenes is 1. The smallest absolute Gasteiger partial charge is 0.149 e. The quantitative estimate of drug-likeness (QED) is 0.870. The van der Waals surface area contributed by atoms with Crippen LogP contribution in [0.1, 0.15) is 5.56 Å². The highest BCUT2D eigenvalue weighted by Gasteiger charge is 2.07. The van der Waals surface area contributed by atoms with Crippen molar-refractivity contribution in [1.29, 1.82) is 0 Å². The number of benzene rings is 1. The summed E-state index contributed by atoms with van der Waals surface area (Å²) in [6, 6.07) is 3.83. The summed E-state index contributed by atoms with van der Waals surface area (Å²) < 4.78 is 7.04. The number of hydrogen-bond donors (Lipinski definition) is 1. The summed E-state index contributed by atoms with van der Waals surface area (Å²) in [5, 5.41) is 0. The molecule has 0 bridgehead atoms. The number of halogens is 2. The molecule has 74 valence electrons. The Morgan fingerprint density at radius 2 is 1.93 bits per heavy atom. The van der Waals surface area contributed by atoms with Crippen LogP contribution in [0.15, 0.2) is 21.1 Å². The van der Waals surface area contributed by atoms with Gasteiger partial charge >= 0.3 is 0 Å². The first-order valence-electron chi connectivity index (χ1n) is 3.93. The predicted octanol–water partition coefficient (Wildman–Crippen LogP) is 2.68. The molecule has 0 heterocycles. The molecule has 0 radical (unpaired) electrons. The van der Waals surface area contributed by atoms with Gasteiger partial charge in [0.05, 0.1) is 8.95 Å². The lowest BCUT2D eigenvalue weighted by atomic mass is 10.2. The highest BCUT2D eigenvalue weighted by molar-refractivity contribution is 9.11. The van der Waals surface area contributed by atoms with E-state index in [0.29, 0.717) is 12.3 Å². The monoisotopic (exact) mass is 317 g/mol. The third-order valence-corrected chi connectivity index (χ3v) is 2.77. The Labute approximate surface area is 100 Å². The fourth-order valence-electron chi connectivity index (χ4n) is 0.982. The van der Waals surface area contributed by atoms with Gasteiger partial charge in [0.1, 0.15) is 12.4 Å². The van der Waals surface area contributed by atoms with E-state index in [1.165, 1.54) is 0 Å². The van der Waals surface area contributed by atoms with Crippen molar-refractivity contribution in [3.8, 4) is 18.1 Å². The molecule has 0 saturated carbocycles. The first kappa shape index (κ1) is 11.6. The zero-order valence-electron chi connectivity index (χ0n) is 7.39. The van der Waals surface area contributed by atoms with Crippen molar-refractivity contribution < 1.29 is 4.74 Å². The summed E-state index contributed by atoms with van der Waals surface area (Å²) in [7, 11) is 0. The van der Waals surface area contributed by atoms with E-state index in [9.17, 15) is 0 Å². The van der Waals surface area contributed by atoms with Crippen LogP contribution in [0.25, 0.3) is 0 Å². The standard InChI is InChI=1S/C10H9Br2NO/c1-2-3-14-10-8(11)4-7(6-13)5-9(10)12/h1,4-5H,3,6,13H2. The molecule has 0 spiro atoms. The van der Waals surface area contributed by atoms with Crippen LogP contribution in [0.2, 0.25) is 0 Å². The first-order valence-corrected chi connectivity index (χ1v) is 5.52. The van der Waals surface area contributed by atoms with Crippen LogP contribution in [0.3, 0.4) is 0 Å². The third-order valence-electron chi connectivity index (χ3n) is 1.59. The Morgan fingerprint density at radius 1 is 1.36 bits per heavy atom. The first-order chi connectivity index (χ1) is 6.69. The average molecular weight is 319 g/mol. The van der Waals surface area contributed by atoms with Crippen molar-refractivity contribution in [3.63, 3.8) is 0 Å². The molecule has 0 aromatic heterocycles. The van der Waals surface area contributed by atoms with E-state index < -0.39 is 0 Å². The summed E-state index contributed by atoms with van der Waals surface area (Å²) in [4.78, 5) is 0. The molecular weight excluding hydrogens is 310 g/mol. The molecule has 14 heavy (non-hydrogen) atoms. The second-order valence-electron chi connectivity index (χ2n) is 2.59. The van der Waals surface area contributed by atoms with Crippen molar-refractivity contribution in [2.45, 2.75) is 6.54 Å². The fraction of sp³-hybridized carbons (Fsp3) is 0.200. The summed E-state index contributed by atoms with van der Waals surface area (Å²) >= 11 is 6.78. The molecule has 0 aliphatic rings. The van der Waals surface area contributed by atoms with Crippen LogP contribution >= 0.6 is 31.9 Å². The molecule has 0 saturated heterocycles. The molecule has 0 aliphatic carbocycles. The van der Waals surface area contributed by atoms with Crippen molar-refractivity contribution >= 4 is 31.9 Å². The molecule has 2 nitrogen and oxygen atoms in total. The second kappa shape index (κ2) is 5.40. The fourth-order valence-corrected chi connectivity index (χ4v) is 2.49. The molecule has 0 fully saturated rings. The van der Waals surface area contributed by atoms with Crippen molar-refractivity contribution in [3.05, 3.63) is 26.6 Å². The van der Waals surface area contributed by atoms with Gasteiger partial charge in [-0.2, -0.15) is 0 Å². The normalized spacial score (nSPS) is 9.57. The van der Waals surface area contributed by atoms with E-state index in [0.717, 1.165) is 14.5 Å². The molecule has 1 rings (SSSR count). The highest BCUT2D eigenvalue weighted by atomic mass is 79.9. The largest absolute Gasteiger partial charge is 0.479 e. The van der Waals surface area contributed by atoms with E-state index in [1.807, 2.05) is 12.1 Å². The zero-order valence-corrected chi connectivity index (χ0v) is 10.6. The van der Waals surface area contributed by atoms with Crippen LogP contribution in [0.5, 0.6) is 5.75 Å². The van der Waals surface area contributed by atoms with Crippen LogP contribution in [0, 0.1) is 12.3 Å². The topological polar surface area (TPSA) is 35.2 Å². The van der Waals surface area contributed by atoms with Gasteiger partial charge in [0.25, 0.3) is 0 Å². The van der Waals surface area contributed by atoms with Crippen LogP contribution < -0.4 is 10.5 Å². The molecule has 2 N–H and O–H groups in total. The van der Waals surface area contributed by atoms with Crippen molar-refractivity contribution in [2.75, 3.05) is 6.61 Å². The predicted molar refractivity (Wildman–Crippen MR) is 64.1 cm³/mol. The van der Waals surface area contributed by atoms with E-state index >= 15 is 0 Å². The average Bonchev–Trinajstić information content (AvgIpc) is 2.16. The summed E-state index contributed by atoms with van der Waals surface area (Å²) in [5.41, 5.74) is 6.55. The SMILES string of the molecule is C#CCOc1c(Br)cc(CN)cc1Br. The summed E-state index contributed by atoms with van der Waals surface area (Å²) in [6.07, 6.45) is 5.11. The Bertz CT molecular complexity index is 348. The van der Waals surface area contributed by atoms with E-state index in [2.05, 4.69) is 37.8 Å². The molecule has 1 aromatic rings. The Hall–Kier alpha value is -0.500. The molecule has 0 atom stereocenters. The van der Waals surface area contributed by atoms with Crippen LogP contribution in [0.4, 0.5) is 0 Å². The number of ether oxygens (including phenoxy) is 1. The van der Waals surface area contributed by atoms with Crippen molar-refractivity contribution in [1.82, 2.24) is 0 Å². The zero-order chi connectivity index (χ0) is 10.6. The number of hydrogen-bond acceptors (Lipinski definition) is 2. The maximum Gasteiger partial charge on any atom is 0.149 e. The highest BCUT2D eigenvalue weighted by Crippen LogP contribution is 2.34. The summed E-state index contributed by atoms with van der Waals surface area (Å²) in [5.74, 6) is 3.12. The van der Waals surface area contributed by atoms with Crippen LogP contribution in [-0.2, 0) is 6.54 Å². The Morgan fingerprint density at radius 3 is 2.36 bits per heavy atom. The van der Waals surface area contributed by atoms with Gasteiger partial charge in [-0.1, -0.05) is 5.92 Å². The third kappa shape index (κ3) is 2.74. The molecule has 0 unspecified atom stereocenters. The molecule has 4 heteroatoms. The van der Waals surface area contributed by atoms with Gasteiger partial charge in [-0.3, -0.25) is 0 Å². The minimum Gasteiger partial charge on any atom is -0.479 e. The van der Waals surface area contributed by atoms with Gasteiger partial charge in [-0.15, -0.1) is 6.42 Å².